The maximum atomic E-state index is 12.4. The van der Waals surface area contributed by atoms with Crippen LogP contribution >= 0.6 is 0 Å². The van der Waals surface area contributed by atoms with E-state index in [-0.39, 0.29) is 31.1 Å². The van der Waals surface area contributed by atoms with Crippen LogP contribution in [0.15, 0.2) is 42.2 Å². The van der Waals surface area contributed by atoms with Gasteiger partial charge in [0.1, 0.15) is 17.5 Å². The zero-order valence-corrected chi connectivity index (χ0v) is 18.6. The fourth-order valence-corrected chi connectivity index (χ4v) is 4.33. The summed E-state index contributed by atoms with van der Waals surface area (Å²) in [5, 5.41) is 40.5. The molecule has 0 unspecified atom stereocenters. The summed E-state index contributed by atoms with van der Waals surface area (Å²) in [6, 6.07) is 6.17. The summed E-state index contributed by atoms with van der Waals surface area (Å²) in [6.07, 6.45) is 1.87. The number of carbonyl (C=O) groups excluding carboxylic acids is 2. The summed E-state index contributed by atoms with van der Waals surface area (Å²) in [5.74, 6) is -2.60. The van der Waals surface area contributed by atoms with Gasteiger partial charge in [0, 0.05) is 18.4 Å². The third-order valence-electron chi connectivity index (χ3n) is 5.98. The van der Waals surface area contributed by atoms with E-state index in [1.807, 2.05) is 13.8 Å². The van der Waals surface area contributed by atoms with Gasteiger partial charge in [-0.2, -0.15) is 0 Å². The van der Waals surface area contributed by atoms with Crippen LogP contribution in [-0.2, 0) is 23.8 Å². The molecule has 1 fully saturated rings. The smallest absolute Gasteiger partial charge is 0.331 e. The lowest BCUT2D eigenvalue weighted by atomic mass is 9.80. The number of aromatic hydroxyl groups is 1. The van der Waals surface area contributed by atoms with Crippen molar-refractivity contribution in [2.75, 3.05) is 13.2 Å². The van der Waals surface area contributed by atoms with Crippen molar-refractivity contribution in [2.24, 2.45) is 17.8 Å². The molecule has 1 aliphatic heterocycles. The van der Waals surface area contributed by atoms with Gasteiger partial charge >= 0.3 is 11.9 Å². The van der Waals surface area contributed by atoms with Crippen molar-refractivity contribution in [3.8, 4) is 5.75 Å². The molecule has 0 spiro atoms. The zero-order chi connectivity index (χ0) is 24.2. The summed E-state index contributed by atoms with van der Waals surface area (Å²) < 4.78 is 16.4. The first-order chi connectivity index (χ1) is 15.7. The van der Waals surface area contributed by atoms with Gasteiger partial charge in [0.25, 0.3) is 0 Å². The van der Waals surface area contributed by atoms with Crippen LogP contribution in [-0.4, -0.2) is 63.6 Å². The van der Waals surface area contributed by atoms with E-state index in [9.17, 15) is 30.0 Å². The quantitative estimate of drug-likeness (QED) is 0.334. The number of aliphatic hydroxyl groups excluding tert-OH is 2. The Morgan fingerprint density at radius 2 is 1.91 bits per heavy atom. The molecule has 0 amide bonds. The minimum atomic E-state index is -1.95. The van der Waals surface area contributed by atoms with E-state index in [4.69, 9.17) is 14.2 Å². The Balaban J connectivity index is 1.78. The highest BCUT2D eigenvalue weighted by Gasteiger charge is 2.62. The van der Waals surface area contributed by atoms with E-state index in [1.54, 1.807) is 12.1 Å². The Morgan fingerprint density at radius 3 is 2.52 bits per heavy atom. The molecule has 9 nitrogen and oxygen atoms in total. The third kappa shape index (κ3) is 5.55. The van der Waals surface area contributed by atoms with E-state index in [2.05, 4.69) is 0 Å². The van der Waals surface area contributed by atoms with Gasteiger partial charge in [0.2, 0.25) is 6.29 Å². The molecular weight excluding hydrogens is 432 g/mol. The summed E-state index contributed by atoms with van der Waals surface area (Å²) in [6.45, 7) is 2.58. The van der Waals surface area contributed by atoms with Gasteiger partial charge in [0.15, 0.2) is 0 Å². The van der Waals surface area contributed by atoms with E-state index >= 15 is 0 Å². The summed E-state index contributed by atoms with van der Waals surface area (Å²) >= 11 is 0. The lowest BCUT2D eigenvalue weighted by Gasteiger charge is -2.39. The van der Waals surface area contributed by atoms with Crippen molar-refractivity contribution in [1.82, 2.24) is 0 Å². The average molecular weight is 462 g/mol. The van der Waals surface area contributed by atoms with Crippen molar-refractivity contribution in [1.29, 1.82) is 0 Å². The number of esters is 2. The molecule has 5 atom stereocenters. The first kappa shape index (κ1) is 24.8. The summed E-state index contributed by atoms with van der Waals surface area (Å²) in [5.41, 5.74) is -0.857. The first-order valence-electron chi connectivity index (χ1n) is 10.8. The Hall–Kier alpha value is -2.88. The number of aliphatic hydroxyl groups is 3. The maximum Gasteiger partial charge on any atom is 0.331 e. The Kier molecular flexibility index (Phi) is 7.78. The predicted molar refractivity (Wildman–Crippen MR) is 116 cm³/mol. The van der Waals surface area contributed by atoms with E-state index < -0.39 is 48.4 Å². The van der Waals surface area contributed by atoms with Gasteiger partial charge in [-0.05, 0) is 41.7 Å². The van der Waals surface area contributed by atoms with Crippen LogP contribution in [0, 0.1) is 17.8 Å². The van der Waals surface area contributed by atoms with Gasteiger partial charge < -0.3 is 34.6 Å². The first-order valence-corrected chi connectivity index (χ1v) is 10.8. The molecule has 2 aliphatic rings. The van der Waals surface area contributed by atoms with E-state index in [1.165, 1.54) is 30.5 Å². The average Bonchev–Trinajstić information content (AvgIpc) is 3.06. The van der Waals surface area contributed by atoms with Crippen LogP contribution in [0.25, 0.3) is 6.08 Å². The molecule has 0 radical (unpaired) electrons. The highest BCUT2D eigenvalue weighted by Crippen LogP contribution is 2.50. The maximum absolute atomic E-state index is 12.4. The van der Waals surface area contributed by atoms with Crippen molar-refractivity contribution in [3.05, 3.63) is 47.7 Å². The Labute approximate surface area is 191 Å². The van der Waals surface area contributed by atoms with Crippen molar-refractivity contribution >= 4 is 18.0 Å². The second kappa shape index (κ2) is 10.4. The van der Waals surface area contributed by atoms with Crippen LogP contribution in [0.1, 0.15) is 32.3 Å². The molecule has 3 rings (SSSR count). The Morgan fingerprint density at radius 1 is 1.21 bits per heavy atom. The van der Waals surface area contributed by atoms with Crippen molar-refractivity contribution < 1.29 is 44.2 Å². The molecule has 180 valence electrons. The lowest BCUT2D eigenvalue weighted by Crippen LogP contribution is -2.54. The van der Waals surface area contributed by atoms with Crippen LogP contribution < -0.4 is 0 Å². The standard InChI is InChI=1S/C24H30O9/c1-14(2)9-21(29)33-23-22-18(16(11-25)12-31-23)10-19(24(22,30)13-26)32-20(28)8-5-15-3-6-17(27)7-4-15/h3-8,12,14,18-19,22-23,25-27,30H,9-11,13H2,1-2H3/t18-,19+,22-,23+,24-/m1/s1. The Bertz CT molecular complexity index is 905. The van der Waals surface area contributed by atoms with Gasteiger partial charge in [-0.25, -0.2) is 4.79 Å². The number of hydrogen-bond donors (Lipinski definition) is 4. The molecule has 0 aromatic heterocycles. The second-order valence-electron chi connectivity index (χ2n) is 8.81. The number of phenolic OH excluding ortho intramolecular Hbond substituents is 1. The molecule has 1 saturated carbocycles. The second-order valence-corrected chi connectivity index (χ2v) is 8.81. The summed E-state index contributed by atoms with van der Waals surface area (Å²) in [4.78, 5) is 24.7. The predicted octanol–water partition coefficient (Wildman–Crippen LogP) is 1.50. The number of carbonyl (C=O) groups is 2. The molecule has 33 heavy (non-hydrogen) atoms. The minimum Gasteiger partial charge on any atom is -0.508 e. The van der Waals surface area contributed by atoms with Crippen molar-refractivity contribution in [3.63, 3.8) is 0 Å². The van der Waals surface area contributed by atoms with Crippen LogP contribution in [0.5, 0.6) is 5.75 Å². The molecule has 1 aliphatic carbocycles. The van der Waals surface area contributed by atoms with Crippen LogP contribution in [0.2, 0.25) is 0 Å². The number of phenols is 1. The van der Waals surface area contributed by atoms with Gasteiger partial charge in [-0.1, -0.05) is 26.0 Å². The topological polar surface area (TPSA) is 143 Å². The van der Waals surface area contributed by atoms with Gasteiger partial charge in [0.05, 0.1) is 25.4 Å². The highest BCUT2D eigenvalue weighted by molar-refractivity contribution is 5.87. The fourth-order valence-electron chi connectivity index (χ4n) is 4.33. The number of fused-ring (bicyclic) bond motifs is 1. The molecule has 1 aromatic carbocycles. The van der Waals surface area contributed by atoms with Gasteiger partial charge in [-0.15, -0.1) is 0 Å². The number of benzene rings is 1. The molecule has 9 heteroatoms. The largest absolute Gasteiger partial charge is 0.508 e. The minimum absolute atomic E-state index is 0.0507. The molecular formula is C24H30O9. The number of hydrogen-bond acceptors (Lipinski definition) is 9. The molecule has 4 N–H and O–H groups in total. The van der Waals surface area contributed by atoms with Crippen LogP contribution in [0.4, 0.5) is 0 Å². The monoisotopic (exact) mass is 462 g/mol. The SMILES string of the molecule is CC(C)CC(=O)O[C@@H]1OC=C(CO)[C@H]2C[C@H](OC(=O)C=Cc3ccc(O)cc3)[C@](O)(CO)[C@@H]12. The molecule has 1 aromatic rings. The molecule has 0 bridgehead atoms. The highest BCUT2D eigenvalue weighted by atomic mass is 16.7. The molecule has 0 saturated heterocycles. The van der Waals surface area contributed by atoms with Gasteiger partial charge in [-0.3, -0.25) is 4.79 Å². The molecule has 1 heterocycles. The number of ether oxygens (including phenoxy) is 3. The lowest BCUT2D eigenvalue weighted by molar-refractivity contribution is -0.221. The summed E-state index contributed by atoms with van der Waals surface area (Å²) in [7, 11) is 0. The third-order valence-corrected chi connectivity index (χ3v) is 5.98. The van der Waals surface area contributed by atoms with Crippen LogP contribution in [0.3, 0.4) is 0 Å². The van der Waals surface area contributed by atoms with Crippen molar-refractivity contribution in [2.45, 2.75) is 44.7 Å². The zero-order valence-electron chi connectivity index (χ0n) is 18.6. The fraction of sp³-hybridized carbons (Fsp3) is 0.500. The van der Waals surface area contributed by atoms with E-state index in [0.717, 1.165) is 0 Å². The normalized spacial score (nSPS) is 28.8. The number of rotatable bonds is 8. The van der Waals surface area contributed by atoms with E-state index in [0.29, 0.717) is 11.1 Å².